The van der Waals surface area contributed by atoms with E-state index in [4.69, 9.17) is 5.73 Å². The highest BCUT2D eigenvalue weighted by Crippen LogP contribution is 2.41. The highest BCUT2D eigenvalue weighted by atomic mass is 32.2. The van der Waals surface area contributed by atoms with Gasteiger partial charge in [-0.05, 0) is 74.8 Å². The second-order valence-corrected chi connectivity index (χ2v) is 12.0. The molecule has 1 saturated heterocycles. The fourth-order valence-corrected chi connectivity index (χ4v) is 6.12. The van der Waals surface area contributed by atoms with Crippen LogP contribution in [0.3, 0.4) is 0 Å². The fraction of sp³-hybridized carbons (Fsp3) is 0.480. The molecule has 1 amide bonds. The summed E-state index contributed by atoms with van der Waals surface area (Å²) in [4.78, 5) is 23.7. The van der Waals surface area contributed by atoms with E-state index in [1.54, 1.807) is 6.20 Å². The molecule has 0 bridgehead atoms. The molecule has 1 aliphatic carbocycles. The SMILES string of the molecule is CC1CN(c2ncc(C3=CCC(C(F)(F)F)CC3)cc2C(=O)NS(=O)(=O)c2cccc(N)n2)C(C)(C)C1. The number of alkyl halides is 3. The number of anilines is 2. The van der Waals surface area contributed by atoms with E-state index in [1.165, 1.54) is 30.3 Å². The van der Waals surface area contributed by atoms with E-state index in [9.17, 15) is 26.4 Å². The predicted octanol–water partition coefficient (Wildman–Crippen LogP) is 4.55. The number of nitrogen functional groups attached to an aromatic ring is 1. The maximum Gasteiger partial charge on any atom is 0.392 e. The van der Waals surface area contributed by atoms with Gasteiger partial charge < -0.3 is 10.6 Å². The Morgan fingerprint density at radius 1 is 1.27 bits per heavy atom. The standard InChI is InChI=1S/C25H30F3N5O3S/c1-15-12-24(2,3)33(14-15)22-19(23(34)32-37(35,36)21-6-4-5-20(29)31-21)11-17(13-30-22)16-7-9-18(10-8-16)25(26,27)28/h4-7,11,13,15,18H,8-10,12,14H2,1-3H3,(H2,29,31)(H,32,34). The highest BCUT2D eigenvalue weighted by Gasteiger charge is 2.41. The minimum atomic E-state index is -4.35. The Morgan fingerprint density at radius 2 is 2.00 bits per heavy atom. The van der Waals surface area contributed by atoms with Gasteiger partial charge in [0.2, 0.25) is 0 Å². The number of aromatic nitrogens is 2. The van der Waals surface area contributed by atoms with Crippen LogP contribution in [0.2, 0.25) is 0 Å². The number of allylic oxidation sites excluding steroid dienone is 2. The molecule has 0 saturated carbocycles. The maximum atomic E-state index is 13.4. The predicted molar refractivity (Wildman–Crippen MR) is 134 cm³/mol. The van der Waals surface area contributed by atoms with Crippen LogP contribution in [0, 0.1) is 11.8 Å². The molecule has 3 N–H and O–H groups in total. The normalized spacial score (nSPS) is 22.0. The number of pyridine rings is 2. The Labute approximate surface area is 214 Å². The number of nitrogens with two attached hydrogens (primary N) is 1. The number of halogens is 3. The Balaban J connectivity index is 1.72. The number of hydrogen-bond acceptors (Lipinski definition) is 7. The molecule has 1 aliphatic heterocycles. The van der Waals surface area contributed by atoms with Gasteiger partial charge in [-0.1, -0.05) is 19.1 Å². The topological polar surface area (TPSA) is 118 Å². The molecule has 37 heavy (non-hydrogen) atoms. The number of hydrogen-bond donors (Lipinski definition) is 2. The van der Waals surface area contributed by atoms with Crippen LogP contribution in [-0.2, 0) is 10.0 Å². The van der Waals surface area contributed by atoms with Crippen molar-refractivity contribution in [3.63, 3.8) is 0 Å². The fourth-order valence-electron chi connectivity index (χ4n) is 5.18. The van der Waals surface area contributed by atoms with Crippen LogP contribution in [0.4, 0.5) is 24.8 Å². The zero-order valence-corrected chi connectivity index (χ0v) is 21.7. The summed E-state index contributed by atoms with van der Waals surface area (Å²) in [5.74, 6) is -1.71. The van der Waals surface area contributed by atoms with E-state index in [0.29, 0.717) is 29.4 Å². The molecule has 0 radical (unpaired) electrons. The monoisotopic (exact) mass is 537 g/mol. The average molecular weight is 538 g/mol. The summed E-state index contributed by atoms with van der Waals surface area (Å²) in [6, 6.07) is 5.56. The number of nitrogens with one attached hydrogen (secondary N) is 1. The second-order valence-electron chi connectivity index (χ2n) is 10.4. The molecule has 12 heteroatoms. The number of nitrogens with zero attached hydrogens (tertiary/aromatic N) is 3. The van der Waals surface area contributed by atoms with Crippen LogP contribution in [0.25, 0.3) is 5.57 Å². The third kappa shape index (κ3) is 5.73. The summed E-state index contributed by atoms with van der Waals surface area (Å²) in [5.41, 5.74) is 6.40. The van der Waals surface area contributed by atoms with Crippen molar-refractivity contribution in [1.82, 2.24) is 14.7 Å². The van der Waals surface area contributed by atoms with Crippen LogP contribution in [0.5, 0.6) is 0 Å². The first-order valence-corrected chi connectivity index (χ1v) is 13.5. The molecule has 1 fully saturated rings. The van der Waals surface area contributed by atoms with Gasteiger partial charge in [0.05, 0.1) is 11.5 Å². The van der Waals surface area contributed by atoms with Gasteiger partial charge >= 0.3 is 6.18 Å². The maximum absolute atomic E-state index is 13.4. The Hall–Kier alpha value is -3.15. The molecule has 0 spiro atoms. The van der Waals surface area contributed by atoms with Crippen molar-refractivity contribution in [2.75, 3.05) is 17.2 Å². The van der Waals surface area contributed by atoms with E-state index >= 15 is 0 Å². The summed E-state index contributed by atoms with van der Waals surface area (Å²) in [6.07, 6.45) is -0.416. The molecular formula is C25H30F3N5O3S. The second kappa shape index (κ2) is 9.62. The molecule has 2 aromatic heterocycles. The molecule has 2 aliphatic rings. The number of rotatable bonds is 5. The largest absolute Gasteiger partial charge is 0.392 e. The summed E-state index contributed by atoms with van der Waals surface area (Å²) in [7, 11) is -4.35. The van der Waals surface area contributed by atoms with Crippen LogP contribution >= 0.6 is 0 Å². The quantitative estimate of drug-likeness (QED) is 0.575. The van der Waals surface area contributed by atoms with Crippen molar-refractivity contribution in [2.45, 2.75) is 63.2 Å². The van der Waals surface area contributed by atoms with Crippen molar-refractivity contribution in [3.8, 4) is 0 Å². The third-order valence-corrected chi connectivity index (χ3v) is 8.16. The summed E-state index contributed by atoms with van der Waals surface area (Å²) in [6.45, 7) is 6.72. The number of sulfonamides is 1. The first-order valence-electron chi connectivity index (χ1n) is 12.0. The van der Waals surface area contributed by atoms with Crippen molar-refractivity contribution < 1.29 is 26.4 Å². The minimum Gasteiger partial charge on any atom is -0.384 e. The molecule has 2 aromatic rings. The molecule has 200 valence electrons. The van der Waals surface area contributed by atoms with Crippen LogP contribution in [0.15, 0.2) is 41.6 Å². The molecule has 2 unspecified atom stereocenters. The van der Waals surface area contributed by atoms with Gasteiger partial charge in [0.15, 0.2) is 5.03 Å². The van der Waals surface area contributed by atoms with Gasteiger partial charge in [-0.3, -0.25) is 4.79 Å². The summed E-state index contributed by atoms with van der Waals surface area (Å²) >= 11 is 0. The van der Waals surface area contributed by atoms with Crippen LogP contribution in [-0.4, -0.2) is 42.6 Å². The average Bonchev–Trinajstić information content (AvgIpc) is 3.09. The molecule has 3 heterocycles. The first-order chi connectivity index (χ1) is 17.2. The van der Waals surface area contributed by atoms with E-state index in [2.05, 4.69) is 21.6 Å². The lowest BCUT2D eigenvalue weighted by Crippen LogP contribution is -2.41. The van der Waals surface area contributed by atoms with E-state index in [-0.39, 0.29) is 36.2 Å². The van der Waals surface area contributed by atoms with E-state index in [0.717, 1.165) is 6.42 Å². The van der Waals surface area contributed by atoms with Gasteiger partial charge in [-0.2, -0.15) is 21.6 Å². The first kappa shape index (κ1) is 26.9. The summed E-state index contributed by atoms with van der Waals surface area (Å²) < 4.78 is 67.2. The zero-order valence-electron chi connectivity index (χ0n) is 20.8. The Morgan fingerprint density at radius 3 is 2.57 bits per heavy atom. The minimum absolute atomic E-state index is 0.0194. The molecule has 2 atom stereocenters. The zero-order chi connectivity index (χ0) is 27.2. The van der Waals surface area contributed by atoms with Gasteiger partial charge in [-0.25, -0.2) is 14.7 Å². The Bertz CT molecular complexity index is 1340. The van der Waals surface area contributed by atoms with Crippen molar-refractivity contribution >= 4 is 33.1 Å². The molecule has 8 nitrogen and oxygen atoms in total. The number of carbonyl (C=O) groups excluding carboxylic acids is 1. The van der Waals surface area contributed by atoms with Crippen LogP contribution < -0.4 is 15.4 Å². The molecule has 4 rings (SSSR count). The smallest absolute Gasteiger partial charge is 0.384 e. The highest BCUT2D eigenvalue weighted by molar-refractivity contribution is 7.90. The van der Waals surface area contributed by atoms with Gasteiger partial charge in [-0.15, -0.1) is 0 Å². The molecule has 0 aromatic carbocycles. The summed E-state index contributed by atoms with van der Waals surface area (Å²) in [5, 5.41) is -0.408. The lowest BCUT2D eigenvalue weighted by Gasteiger charge is -2.34. The number of carbonyl (C=O) groups is 1. The molecular weight excluding hydrogens is 507 g/mol. The van der Waals surface area contributed by atoms with Crippen LogP contribution in [0.1, 0.15) is 62.4 Å². The van der Waals surface area contributed by atoms with Crippen molar-refractivity contribution in [3.05, 3.63) is 47.7 Å². The van der Waals surface area contributed by atoms with E-state index in [1.807, 2.05) is 18.7 Å². The van der Waals surface area contributed by atoms with Crippen molar-refractivity contribution in [1.29, 1.82) is 0 Å². The lowest BCUT2D eigenvalue weighted by molar-refractivity contribution is -0.175. The van der Waals surface area contributed by atoms with Gasteiger partial charge in [0.1, 0.15) is 11.6 Å². The van der Waals surface area contributed by atoms with Gasteiger partial charge in [0, 0.05) is 18.3 Å². The van der Waals surface area contributed by atoms with Gasteiger partial charge in [0.25, 0.3) is 15.9 Å². The lowest BCUT2D eigenvalue weighted by atomic mass is 9.86. The van der Waals surface area contributed by atoms with E-state index < -0.39 is 33.1 Å². The number of amides is 1. The van der Waals surface area contributed by atoms with Crippen molar-refractivity contribution in [2.24, 2.45) is 11.8 Å². The third-order valence-electron chi connectivity index (χ3n) is 6.93. The Kier molecular flexibility index (Phi) is 7.00.